The van der Waals surface area contributed by atoms with Crippen molar-refractivity contribution in [2.24, 2.45) is 0 Å². The Morgan fingerprint density at radius 3 is 2.84 bits per heavy atom. The predicted molar refractivity (Wildman–Crippen MR) is 66.9 cm³/mol. The maximum atomic E-state index is 11.9. The topological polar surface area (TPSA) is 114 Å². The number of carbonyl (C=O) groups is 1. The van der Waals surface area contributed by atoms with Gasteiger partial charge in [-0.05, 0) is 31.5 Å². The van der Waals surface area contributed by atoms with Crippen molar-refractivity contribution < 1.29 is 9.72 Å². The molecule has 0 aromatic carbocycles. The van der Waals surface area contributed by atoms with Gasteiger partial charge in [0.05, 0.1) is 4.92 Å². The van der Waals surface area contributed by atoms with Crippen molar-refractivity contribution >= 4 is 17.4 Å². The quantitative estimate of drug-likeness (QED) is 0.643. The summed E-state index contributed by atoms with van der Waals surface area (Å²) in [4.78, 5) is 26.1. The molecule has 0 fully saturated rings. The van der Waals surface area contributed by atoms with Gasteiger partial charge in [0.15, 0.2) is 0 Å². The second kappa shape index (κ2) is 4.84. The lowest BCUT2D eigenvalue weighted by molar-refractivity contribution is -0.385. The van der Waals surface area contributed by atoms with Crippen LogP contribution in [0, 0.1) is 24.0 Å². The van der Waals surface area contributed by atoms with Crippen LogP contribution in [0.25, 0.3) is 0 Å². The van der Waals surface area contributed by atoms with E-state index >= 15 is 0 Å². The van der Waals surface area contributed by atoms with E-state index in [1.165, 1.54) is 13.1 Å². The number of nitrogens with one attached hydrogen (secondary N) is 2. The number of aromatic nitrogens is 3. The summed E-state index contributed by atoms with van der Waals surface area (Å²) in [5.41, 5.74) is 0.557. The van der Waals surface area contributed by atoms with Crippen LogP contribution in [0.4, 0.5) is 11.5 Å². The molecule has 8 heteroatoms. The van der Waals surface area contributed by atoms with E-state index in [9.17, 15) is 14.9 Å². The summed E-state index contributed by atoms with van der Waals surface area (Å²) in [5, 5.41) is 19.4. The number of hydrogen-bond acceptors (Lipinski definition) is 5. The van der Waals surface area contributed by atoms with E-state index in [2.05, 4.69) is 20.5 Å². The van der Waals surface area contributed by atoms with Crippen LogP contribution >= 0.6 is 0 Å². The van der Waals surface area contributed by atoms with Crippen LogP contribution < -0.4 is 5.32 Å². The molecule has 8 nitrogen and oxygen atoms in total. The molecular weight excluding hydrogens is 250 g/mol. The minimum absolute atomic E-state index is 0.229. The van der Waals surface area contributed by atoms with Gasteiger partial charge in [-0.25, -0.2) is 4.98 Å². The zero-order chi connectivity index (χ0) is 14.0. The van der Waals surface area contributed by atoms with Gasteiger partial charge in [0, 0.05) is 6.20 Å². The Morgan fingerprint density at radius 1 is 1.47 bits per heavy atom. The van der Waals surface area contributed by atoms with Crippen molar-refractivity contribution in [1.82, 2.24) is 15.2 Å². The van der Waals surface area contributed by atoms with Crippen molar-refractivity contribution in [3.63, 3.8) is 0 Å². The van der Waals surface area contributed by atoms with Crippen molar-refractivity contribution in [2.45, 2.75) is 13.8 Å². The molecule has 98 valence electrons. The number of carbonyl (C=O) groups excluding carboxylic acids is 1. The summed E-state index contributed by atoms with van der Waals surface area (Å²) in [7, 11) is 0. The van der Waals surface area contributed by atoms with Crippen LogP contribution in [0.2, 0.25) is 0 Å². The van der Waals surface area contributed by atoms with Gasteiger partial charge in [0.25, 0.3) is 5.91 Å². The number of nitro groups is 1. The van der Waals surface area contributed by atoms with Gasteiger partial charge < -0.3 is 5.32 Å². The SMILES string of the molecule is Cc1ccnc(NC(=O)c2n[nH]c(C)c2[N+](=O)[O-])c1. The Kier molecular flexibility index (Phi) is 3.23. The maximum Gasteiger partial charge on any atom is 0.322 e. The first-order chi connectivity index (χ1) is 8.99. The standard InChI is InChI=1S/C11H11N5O3/c1-6-3-4-12-8(5-6)13-11(17)9-10(16(18)19)7(2)14-15-9/h3-5H,1-2H3,(H,14,15)(H,12,13,17). The summed E-state index contributed by atoms with van der Waals surface area (Å²) < 4.78 is 0. The van der Waals surface area contributed by atoms with E-state index in [0.717, 1.165) is 5.56 Å². The summed E-state index contributed by atoms with van der Waals surface area (Å²) in [6.07, 6.45) is 1.54. The molecule has 0 radical (unpaired) electrons. The highest BCUT2D eigenvalue weighted by atomic mass is 16.6. The number of anilines is 1. The molecule has 0 saturated heterocycles. The number of H-pyrrole nitrogens is 1. The number of rotatable bonds is 3. The Hall–Kier alpha value is -2.77. The molecule has 0 bridgehead atoms. The molecule has 0 aliphatic rings. The highest BCUT2D eigenvalue weighted by Gasteiger charge is 2.27. The average molecular weight is 261 g/mol. The highest BCUT2D eigenvalue weighted by molar-refractivity contribution is 6.05. The number of nitrogens with zero attached hydrogens (tertiary/aromatic N) is 3. The number of amides is 1. The fourth-order valence-electron chi connectivity index (χ4n) is 1.59. The number of aryl methyl sites for hydroxylation is 2. The molecule has 1 amide bonds. The zero-order valence-electron chi connectivity index (χ0n) is 10.3. The van der Waals surface area contributed by atoms with E-state index in [1.807, 2.05) is 6.92 Å². The summed E-state index contributed by atoms with van der Waals surface area (Å²) >= 11 is 0. The monoisotopic (exact) mass is 261 g/mol. The molecule has 0 aliphatic heterocycles. The first-order valence-electron chi connectivity index (χ1n) is 5.42. The van der Waals surface area contributed by atoms with Crippen LogP contribution in [0.15, 0.2) is 18.3 Å². The van der Waals surface area contributed by atoms with Gasteiger partial charge in [-0.15, -0.1) is 0 Å². The number of aromatic amines is 1. The molecule has 2 aromatic heterocycles. The third kappa shape index (κ3) is 2.57. The van der Waals surface area contributed by atoms with Crippen LogP contribution in [0.3, 0.4) is 0 Å². The molecule has 0 aliphatic carbocycles. The molecule has 2 N–H and O–H groups in total. The predicted octanol–water partition coefficient (Wildman–Crippen LogP) is 1.58. The van der Waals surface area contributed by atoms with Crippen LogP contribution in [-0.4, -0.2) is 26.0 Å². The minimum Gasteiger partial charge on any atom is -0.305 e. The summed E-state index contributed by atoms with van der Waals surface area (Å²) in [6.45, 7) is 3.32. The second-order valence-electron chi connectivity index (χ2n) is 3.98. The fraction of sp³-hybridized carbons (Fsp3) is 0.182. The summed E-state index contributed by atoms with van der Waals surface area (Å²) in [5.74, 6) is -0.353. The fourth-order valence-corrected chi connectivity index (χ4v) is 1.59. The normalized spacial score (nSPS) is 10.2. The molecular formula is C11H11N5O3. The second-order valence-corrected chi connectivity index (χ2v) is 3.98. The third-order valence-electron chi connectivity index (χ3n) is 2.47. The number of hydrogen-bond donors (Lipinski definition) is 2. The Morgan fingerprint density at radius 2 is 2.21 bits per heavy atom. The number of pyridine rings is 1. The van der Waals surface area contributed by atoms with E-state index in [4.69, 9.17) is 0 Å². The van der Waals surface area contributed by atoms with E-state index in [1.54, 1.807) is 12.1 Å². The van der Waals surface area contributed by atoms with Gasteiger partial charge >= 0.3 is 5.69 Å². The van der Waals surface area contributed by atoms with Gasteiger partial charge in [-0.2, -0.15) is 5.10 Å². The lowest BCUT2D eigenvalue weighted by Gasteiger charge is -2.02. The Balaban J connectivity index is 2.28. The molecule has 2 heterocycles. The van der Waals surface area contributed by atoms with Gasteiger partial charge in [-0.3, -0.25) is 20.0 Å². The largest absolute Gasteiger partial charge is 0.322 e. The minimum atomic E-state index is -0.672. The third-order valence-corrected chi connectivity index (χ3v) is 2.47. The Bertz CT molecular complexity index is 650. The van der Waals surface area contributed by atoms with Crippen molar-refractivity contribution in [2.75, 3.05) is 5.32 Å². The van der Waals surface area contributed by atoms with Crippen LogP contribution in [-0.2, 0) is 0 Å². The van der Waals surface area contributed by atoms with Crippen LogP contribution in [0.5, 0.6) is 0 Å². The average Bonchev–Trinajstić information content (AvgIpc) is 2.71. The Labute approximate surface area is 108 Å². The first kappa shape index (κ1) is 12.7. The lowest BCUT2D eigenvalue weighted by Crippen LogP contribution is -2.15. The van der Waals surface area contributed by atoms with E-state index in [-0.39, 0.29) is 17.1 Å². The maximum absolute atomic E-state index is 11.9. The van der Waals surface area contributed by atoms with Crippen LogP contribution in [0.1, 0.15) is 21.7 Å². The van der Waals surface area contributed by atoms with Crippen molar-refractivity contribution in [3.8, 4) is 0 Å². The molecule has 2 aromatic rings. The van der Waals surface area contributed by atoms with E-state index < -0.39 is 10.8 Å². The van der Waals surface area contributed by atoms with Gasteiger partial charge in [0.2, 0.25) is 5.69 Å². The van der Waals surface area contributed by atoms with Crippen molar-refractivity contribution in [3.05, 3.63) is 45.4 Å². The molecule has 19 heavy (non-hydrogen) atoms. The molecule has 2 rings (SSSR count). The highest BCUT2D eigenvalue weighted by Crippen LogP contribution is 2.21. The molecule has 0 saturated carbocycles. The molecule has 0 spiro atoms. The molecule has 0 atom stereocenters. The van der Waals surface area contributed by atoms with Gasteiger partial charge in [0.1, 0.15) is 11.5 Å². The molecule has 0 unspecified atom stereocenters. The zero-order valence-corrected chi connectivity index (χ0v) is 10.3. The van der Waals surface area contributed by atoms with Crippen molar-refractivity contribution in [1.29, 1.82) is 0 Å². The summed E-state index contributed by atoms with van der Waals surface area (Å²) in [6, 6.07) is 3.43. The lowest BCUT2D eigenvalue weighted by atomic mass is 10.2. The van der Waals surface area contributed by atoms with E-state index in [0.29, 0.717) is 5.82 Å². The smallest absolute Gasteiger partial charge is 0.305 e. The first-order valence-corrected chi connectivity index (χ1v) is 5.42. The van der Waals surface area contributed by atoms with Gasteiger partial charge in [-0.1, -0.05) is 0 Å².